The second-order valence-electron chi connectivity index (χ2n) is 7.10. The Hall–Kier alpha value is -1.40. The summed E-state index contributed by atoms with van der Waals surface area (Å²) in [5.74, 6) is 1.26. The maximum absolute atomic E-state index is 12.8. The molecule has 2 aliphatic heterocycles. The second-order valence-corrected chi connectivity index (χ2v) is 7.10. The van der Waals surface area contributed by atoms with Crippen LogP contribution in [-0.2, 0) is 11.3 Å². The minimum absolute atomic E-state index is 0.142. The first-order valence-electron chi connectivity index (χ1n) is 8.79. The summed E-state index contributed by atoms with van der Waals surface area (Å²) in [6, 6.07) is 0.664. The molecule has 3 heterocycles. The Balaban J connectivity index is 1.54. The number of amides is 1. The smallest absolute Gasteiger partial charge is 0.227 e. The first-order chi connectivity index (χ1) is 11.1. The number of carbonyl (C=O) groups is 1. The minimum Gasteiger partial charge on any atom is -0.347 e. The number of hydrogen-bond acceptors (Lipinski definition) is 4. The van der Waals surface area contributed by atoms with Crippen molar-refractivity contribution in [3.05, 3.63) is 18.2 Å². The van der Waals surface area contributed by atoms with Crippen molar-refractivity contribution in [2.24, 2.45) is 5.92 Å². The van der Waals surface area contributed by atoms with Gasteiger partial charge in [-0.15, -0.1) is 0 Å². The molecule has 0 saturated carbocycles. The van der Waals surface area contributed by atoms with E-state index < -0.39 is 0 Å². The third-order valence-electron chi connectivity index (χ3n) is 5.32. The Morgan fingerprint density at radius 2 is 2.13 bits per heavy atom. The Labute approximate surface area is 138 Å². The van der Waals surface area contributed by atoms with Gasteiger partial charge in [-0.05, 0) is 52.4 Å². The number of nitrogens with one attached hydrogen (secondary N) is 1. The largest absolute Gasteiger partial charge is 0.347 e. The van der Waals surface area contributed by atoms with Gasteiger partial charge in [-0.25, -0.2) is 4.98 Å². The number of piperidine rings is 2. The van der Waals surface area contributed by atoms with E-state index in [1.165, 1.54) is 25.9 Å². The Bertz CT molecular complexity index is 495. The van der Waals surface area contributed by atoms with Crippen molar-refractivity contribution in [1.29, 1.82) is 0 Å². The predicted octanol–water partition coefficient (Wildman–Crippen LogP) is 1.17. The predicted molar refractivity (Wildman–Crippen MR) is 89.9 cm³/mol. The molecule has 2 saturated heterocycles. The van der Waals surface area contributed by atoms with Crippen LogP contribution in [-0.4, -0.2) is 76.9 Å². The van der Waals surface area contributed by atoms with E-state index in [9.17, 15) is 4.79 Å². The molecule has 1 N–H and O–H groups in total. The summed E-state index contributed by atoms with van der Waals surface area (Å²) in [6.45, 7) is 5.00. The first kappa shape index (κ1) is 16.5. The van der Waals surface area contributed by atoms with Crippen LogP contribution in [0, 0.1) is 5.92 Å². The molecular weight excluding hydrogens is 290 g/mol. The fourth-order valence-electron chi connectivity index (χ4n) is 3.90. The fourth-order valence-corrected chi connectivity index (χ4v) is 3.90. The van der Waals surface area contributed by atoms with Crippen LogP contribution in [0.4, 0.5) is 0 Å². The number of rotatable bonds is 4. The third-order valence-corrected chi connectivity index (χ3v) is 5.32. The minimum atomic E-state index is 0.142. The third kappa shape index (κ3) is 4.12. The molecule has 3 rings (SSSR count). The zero-order valence-corrected chi connectivity index (χ0v) is 14.4. The van der Waals surface area contributed by atoms with Gasteiger partial charge in [0.1, 0.15) is 5.82 Å². The molecule has 2 aliphatic rings. The normalized spacial score (nSPS) is 24.7. The Morgan fingerprint density at radius 1 is 1.35 bits per heavy atom. The lowest BCUT2D eigenvalue weighted by Crippen LogP contribution is -2.50. The molecule has 23 heavy (non-hydrogen) atoms. The number of H-pyrrole nitrogens is 1. The number of aromatic amines is 1. The van der Waals surface area contributed by atoms with E-state index in [0.717, 1.165) is 31.8 Å². The van der Waals surface area contributed by atoms with Crippen molar-refractivity contribution in [2.45, 2.75) is 38.3 Å². The molecule has 1 atom stereocenters. The highest BCUT2D eigenvalue weighted by atomic mass is 16.2. The van der Waals surface area contributed by atoms with Gasteiger partial charge in [-0.3, -0.25) is 9.69 Å². The Kier molecular flexibility index (Phi) is 5.33. The lowest BCUT2D eigenvalue weighted by molar-refractivity contribution is -0.137. The quantitative estimate of drug-likeness (QED) is 0.905. The molecule has 0 bridgehead atoms. The van der Waals surface area contributed by atoms with Crippen LogP contribution < -0.4 is 0 Å². The monoisotopic (exact) mass is 319 g/mol. The Morgan fingerprint density at radius 3 is 2.83 bits per heavy atom. The van der Waals surface area contributed by atoms with Crippen LogP contribution in [0.15, 0.2) is 12.4 Å². The van der Waals surface area contributed by atoms with Crippen molar-refractivity contribution in [2.75, 3.05) is 40.3 Å². The van der Waals surface area contributed by atoms with Crippen molar-refractivity contribution < 1.29 is 4.79 Å². The fraction of sp³-hybridized carbons (Fsp3) is 0.765. The molecule has 0 spiro atoms. The SMILES string of the molecule is CN1CCC(N2CCC[C@@H](C(=O)N(C)Cc3ncc[nH]3)C2)CC1. The molecule has 6 heteroatoms. The van der Waals surface area contributed by atoms with Crippen LogP contribution in [0.3, 0.4) is 0 Å². The van der Waals surface area contributed by atoms with E-state index in [2.05, 4.69) is 26.8 Å². The van der Waals surface area contributed by atoms with Crippen molar-refractivity contribution in [3.63, 3.8) is 0 Å². The zero-order chi connectivity index (χ0) is 16.2. The number of nitrogens with zero attached hydrogens (tertiary/aromatic N) is 4. The van der Waals surface area contributed by atoms with Crippen LogP contribution in [0.2, 0.25) is 0 Å². The van der Waals surface area contributed by atoms with Crippen LogP contribution in [0.1, 0.15) is 31.5 Å². The lowest BCUT2D eigenvalue weighted by atomic mass is 9.93. The lowest BCUT2D eigenvalue weighted by Gasteiger charge is -2.41. The van der Waals surface area contributed by atoms with Gasteiger partial charge >= 0.3 is 0 Å². The topological polar surface area (TPSA) is 55.5 Å². The molecule has 6 nitrogen and oxygen atoms in total. The highest BCUT2D eigenvalue weighted by molar-refractivity contribution is 5.78. The maximum atomic E-state index is 12.8. The van der Waals surface area contributed by atoms with Gasteiger partial charge in [0, 0.05) is 32.0 Å². The van der Waals surface area contributed by atoms with Crippen LogP contribution >= 0.6 is 0 Å². The number of likely N-dealkylation sites (tertiary alicyclic amines) is 2. The molecule has 0 radical (unpaired) electrons. The average Bonchev–Trinajstić information content (AvgIpc) is 3.08. The number of imidazole rings is 1. The van der Waals surface area contributed by atoms with Gasteiger partial charge < -0.3 is 14.8 Å². The van der Waals surface area contributed by atoms with Gasteiger partial charge in [0.15, 0.2) is 0 Å². The molecular formula is C17H29N5O. The van der Waals surface area contributed by atoms with Crippen LogP contribution in [0.25, 0.3) is 0 Å². The number of hydrogen-bond donors (Lipinski definition) is 1. The van der Waals surface area contributed by atoms with E-state index >= 15 is 0 Å². The molecule has 0 aromatic carbocycles. The zero-order valence-electron chi connectivity index (χ0n) is 14.4. The van der Waals surface area contributed by atoms with E-state index in [-0.39, 0.29) is 11.8 Å². The van der Waals surface area contributed by atoms with E-state index in [0.29, 0.717) is 12.6 Å². The van der Waals surface area contributed by atoms with Gasteiger partial charge in [-0.1, -0.05) is 0 Å². The molecule has 0 unspecified atom stereocenters. The van der Waals surface area contributed by atoms with Crippen LogP contribution in [0.5, 0.6) is 0 Å². The highest BCUT2D eigenvalue weighted by Crippen LogP contribution is 2.24. The second kappa shape index (κ2) is 7.45. The molecule has 1 amide bonds. The van der Waals surface area contributed by atoms with Gasteiger partial charge in [-0.2, -0.15) is 0 Å². The molecule has 1 aromatic rings. The van der Waals surface area contributed by atoms with Gasteiger partial charge in [0.2, 0.25) is 5.91 Å². The molecule has 2 fully saturated rings. The van der Waals surface area contributed by atoms with Crippen molar-refractivity contribution in [1.82, 2.24) is 24.7 Å². The average molecular weight is 319 g/mol. The molecule has 1 aromatic heterocycles. The number of carbonyl (C=O) groups excluding carboxylic acids is 1. The number of aromatic nitrogens is 2. The van der Waals surface area contributed by atoms with E-state index in [1.54, 1.807) is 12.4 Å². The van der Waals surface area contributed by atoms with Crippen molar-refractivity contribution >= 4 is 5.91 Å². The summed E-state index contributed by atoms with van der Waals surface area (Å²) in [7, 11) is 4.09. The highest BCUT2D eigenvalue weighted by Gasteiger charge is 2.32. The van der Waals surface area contributed by atoms with E-state index in [4.69, 9.17) is 0 Å². The summed E-state index contributed by atoms with van der Waals surface area (Å²) < 4.78 is 0. The van der Waals surface area contributed by atoms with Crippen molar-refractivity contribution in [3.8, 4) is 0 Å². The molecule has 128 valence electrons. The summed E-state index contributed by atoms with van der Waals surface area (Å²) in [5.41, 5.74) is 0. The first-order valence-corrected chi connectivity index (χ1v) is 8.79. The van der Waals surface area contributed by atoms with Gasteiger partial charge in [0.25, 0.3) is 0 Å². The standard InChI is InChI=1S/C17H29N5O/c1-20-10-5-15(6-11-20)22-9-3-4-14(12-22)17(23)21(2)13-16-18-7-8-19-16/h7-8,14-15H,3-6,9-13H2,1-2H3,(H,18,19)/t14-/m1/s1. The maximum Gasteiger partial charge on any atom is 0.227 e. The molecule has 0 aliphatic carbocycles. The summed E-state index contributed by atoms with van der Waals surface area (Å²) in [4.78, 5) is 26.8. The summed E-state index contributed by atoms with van der Waals surface area (Å²) in [6.07, 6.45) is 8.16. The van der Waals surface area contributed by atoms with E-state index in [1.807, 2.05) is 11.9 Å². The van der Waals surface area contributed by atoms with Gasteiger partial charge in [0.05, 0.1) is 12.5 Å². The summed E-state index contributed by atoms with van der Waals surface area (Å²) >= 11 is 0. The summed E-state index contributed by atoms with van der Waals surface area (Å²) in [5, 5.41) is 0.